The molecular weight excluding hydrogens is 232 g/mol. The van der Waals surface area contributed by atoms with E-state index in [2.05, 4.69) is 0 Å². The summed E-state index contributed by atoms with van der Waals surface area (Å²) in [5.74, 6) is 2.08. The lowest BCUT2D eigenvalue weighted by Gasteiger charge is -2.11. The van der Waals surface area contributed by atoms with E-state index in [1.165, 1.54) is 0 Å². The van der Waals surface area contributed by atoms with Crippen LogP contribution < -0.4 is 0 Å². The Morgan fingerprint density at radius 1 is 1.40 bits per heavy atom. The first-order chi connectivity index (χ1) is 7.36. The molecule has 2 saturated heterocycles. The van der Waals surface area contributed by atoms with Gasteiger partial charge >= 0.3 is 5.97 Å². The lowest BCUT2D eigenvalue weighted by atomic mass is 10.2. The molecule has 1 atom stereocenters. The average Bonchev–Trinajstić information content (AvgIpc) is 2.90. The summed E-state index contributed by atoms with van der Waals surface area (Å²) in [6.45, 7) is 1.38. The van der Waals surface area contributed by atoms with Gasteiger partial charge in [0.25, 0.3) is 0 Å². The number of esters is 1. The Morgan fingerprint density at radius 3 is 2.87 bits per heavy atom. The quantitative estimate of drug-likeness (QED) is 0.710. The Kier molecular flexibility index (Phi) is 4.65. The molecule has 2 rings (SSSR count). The molecule has 86 valence electrons. The van der Waals surface area contributed by atoms with Gasteiger partial charge < -0.3 is 9.47 Å². The first-order valence-electron chi connectivity index (χ1n) is 5.38. The predicted molar refractivity (Wildman–Crippen MR) is 63.3 cm³/mol. The van der Waals surface area contributed by atoms with Crippen LogP contribution in [0.3, 0.4) is 0 Å². The molecule has 2 heterocycles. The first-order valence-corrected chi connectivity index (χ1v) is 7.47. The Labute approximate surface area is 98.6 Å². The maximum Gasteiger partial charge on any atom is 0.329 e. The summed E-state index contributed by atoms with van der Waals surface area (Å²) in [6.07, 6.45) is 3.44. The molecule has 15 heavy (non-hydrogen) atoms. The van der Waals surface area contributed by atoms with E-state index in [-0.39, 0.29) is 10.6 Å². The van der Waals surface area contributed by atoms with Crippen molar-refractivity contribution in [2.75, 3.05) is 24.7 Å². The van der Waals surface area contributed by atoms with Crippen molar-refractivity contribution in [3.05, 3.63) is 0 Å². The predicted octanol–water partition coefficient (Wildman–Crippen LogP) is 1.90. The monoisotopic (exact) mass is 248 g/mol. The first kappa shape index (κ1) is 11.6. The molecule has 2 fully saturated rings. The highest BCUT2D eigenvalue weighted by molar-refractivity contribution is 8.21. The van der Waals surface area contributed by atoms with Crippen LogP contribution in [-0.2, 0) is 14.3 Å². The third-order valence-corrected chi connectivity index (χ3v) is 5.47. The van der Waals surface area contributed by atoms with Crippen molar-refractivity contribution < 1.29 is 14.3 Å². The Hall–Kier alpha value is 0.130. The number of ether oxygens (including phenoxy) is 2. The van der Waals surface area contributed by atoms with Gasteiger partial charge in [-0.1, -0.05) is 0 Å². The van der Waals surface area contributed by atoms with E-state index < -0.39 is 0 Å². The van der Waals surface area contributed by atoms with Crippen LogP contribution in [0.4, 0.5) is 0 Å². The maximum atomic E-state index is 11.5. The number of hydrogen-bond donors (Lipinski definition) is 0. The topological polar surface area (TPSA) is 35.5 Å². The molecule has 0 aromatic heterocycles. The van der Waals surface area contributed by atoms with E-state index >= 15 is 0 Å². The van der Waals surface area contributed by atoms with Crippen molar-refractivity contribution in [2.45, 2.75) is 29.9 Å². The fourth-order valence-electron chi connectivity index (χ4n) is 1.73. The smallest absolute Gasteiger partial charge is 0.329 e. The van der Waals surface area contributed by atoms with E-state index in [0.29, 0.717) is 12.7 Å². The summed E-state index contributed by atoms with van der Waals surface area (Å²) in [5, 5.41) is 0. The van der Waals surface area contributed by atoms with Gasteiger partial charge in [0.05, 0.1) is 12.7 Å². The standard InChI is InChI=1S/C10H16O3S2/c11-9(10-14-6-7-15-10)13-5-3-8-2-1-4-12-8/h8,10H,1-7H2/t8-/m0/s1. The summed E-state index contributed by atoms with van der Waals surface area (Å²) in [4.78, 5) is 11.5. The van der Waals surface area contributed by atoms with Crippen LogP contribution in [0.15, 0.2) is 0 Å². The zero-order valence-electron chi connectivity index (χ0n) is 8.65. The Bertz CT molecular complexity index is 211. The molecule has 0 N–H and O–H groups in total. The summed E-state index contributed by atoms with van der Waals surface area (Å²) < 4.78 is 10.7. The molecule has 0 radical (unpaired) electrons. The summed E-state index contributed by atoms with van der Waals surface area (Å²) in [7, 11) is 0. The van der Waals surface area contributed by atoms with Gasteiger partial charge in [0.2, 0.25) is 0 Å². The number of hydrogen-bond acceptors (Lipinski definition) is 5. The highest BCUT2D eigenvalue weighted by atomic mass is 32.2. The molecular formula is C10H16O3S2. The molecule has 5 heteroatoms. The average molecular weight is 248 g/mol. The van der Waals surface area contributed by atoms with Crippen LogP contribution in [0.2, 0.25) is 0 Å². The van der Waals surface area contributed by atoms with Crippen LogP contribution in [0.5, 0.6) is 0 Å². The van der Waals surface area contributed by atoms with Gasteiger partial charge in [-0.3, -0.25) is 0 Å². The molecule has 0 aliphatic carbocycles. The zero-order valence-corrected chi connectivity index (χ0v) is 10.3. The van der Waals surface area contributed by atoms with Crippen LogP contribution in [-0.4, -0.2) is 41.4 Å². The van der Waals surface area contributed by atoms with Gasteiger partial charge in [0.15, 0.2) is 0 Å². The summed E-state index contributed by atoms with van der Waals surface area (Å²) in [6, 6.07) is 0. The molecule has 0 spiro atoms. The number of thioether (sulfide) groups is 2. The number of carbonyl (C=O) groups is 1. The van der Waals surface area contributed by atoms with E-state index in [1.54, 1.807) is 23.5 Å². The fourth-order valence-corrected chi connectivity index (χ4v) is 4.29. The second kappa shape index (κ2) is 6.01. The Balaban J connectivity index is 1.58. The van der Waals surface area contributed by atoms with E-state index in [4.69, 9.17) is 9.47 Å². The van der Waals surface area contributed by atoms with Gasteiger partial charge in [0.1, 0.15) is 4.58 Å². The third-order valence-electron chi connectivity index (χ3n) is 2.52. The lowest BCUT2D eigenvalue weighted by molar-refractivity contribution is -0.141. The zero-order chi connectivity index (χ0) is 10.5. The highest BCUT2D eigenvalue weighted by Crippen LogP contribution is 2.32. The van der Waals surface area contributed by atoms with Gasteiger partial charge in [0, 0.05) is 24.5 Å². The number of carbonyl (C=O) groups excluding carboxylic acids is 1. The summed E-state index contributed by atoms with van der Waals surface area (Å²) >= 11 is 3.38. The van der Waals surface area contributed by atoms with Gasteiger partial charge in [-0.2, -0.15) is 0 Å². The minimum Gasteiger partial charge on any atom is -0.464 e. The van der Waals surface area contributed by atoms with Crippen LogP contribution >= 0.6 is 23.5 Å². The molecule has 0 aromatic carbocycles. The highest BCUT2D eigenvalue weighted by Gasteiger charge is 2.25. The molecule has 0 bridgehead atoms. The van der Waals surface area contributed by atoms with Crippen LogP contribution in [0.25, 0.3) is 0 Å². The summed E-state index contributed by atoms with van der Waals surface area (Å²) in [5.41, 5.74) is 0. The maximum absolute atomic E-state index is 11.5. The molecule has 2 aliphatic rings. The van der Waals surface area contributed by atoms with Crippen molar-refractivity contribution in [1.29, 1.82) is 0 Å². The molecule has 0 aromatic rings. The van der Waals surface area contributed by atoms with Crippen molar-refractivity contribution in [3.63, 3.8) is 0 Å². The lowest BCUT2D eigenvalue weighted by Crippen LogP contribution is -2.18. The molecule has 2 aliphatic heterocycles. The fraction of sp³-hybridized carbons (Fsp3) is 0.900. The minimum atomic E-state index is -0.0551. The molecule has 0 saturated carbocycles. The molecule has 3 nitrogen and oxygen atoms in total. The SMILES string of the molecule is O=C(OCC[C@@H]1CCCO1)C1SCCS1. The molecule has 0 unspecified atom stereocenters. The van der Waals surface area contributed by atoms with Gasteiger partial charge in [-0.15, -0.1) is 23.5 Å². The van der Waals surface area contributed by atoms with Crippen molar-refractivity contribution in [2.24, 2.45) is 0 Å². The third kappa shape index (κ3) is 3.57. The van der Waals surface area contributed by atoms with Crippen molar-refractivity contribution in [1.82, 2.24) is 0 Å². The number of rotatable bonds is 4. The Morgan fingerprint density at radius 2 is 2.20 bits per heavy atom. The molecule has 0 amide bonds. The van der Waals surface area contributed by atoms with E-state index in [0.717, 1.165) is 37.4 Å². The van der Waals surface area contributed by atoms with Gasteiger partial charge in [-0.05, 0) is 12.8 Å². The van der Waals surface area contributed by atoms with Gasteiger partial charge in [-0.25, -0.2) is 4.79 Å². The second-order valence-corrected chi connectivity index (χ2v) is 6.39. The minimum absolute atomic E-state index is 0.0227. The van der Waals surface area contributed by atoms with Crippen LogP contribution in [0.1, 0.15) is 19.3 Å². The normalized spacial score (nSPS) is 27.1. The van der Waals surface area contributed by atoms with Crippen molar-refractivity contribution in [3.8, 4) is 0 Å². The van der Waals surface area contributed by atoms with Crippen LogP contribution in [0, 0.1) is 0 Å². The van der Waals surface area contributed by atoms with Crippen molar-refractivity contribution >= 4 is 29.5 Å². The largest absolute Gasteiger partial charge is 0.464 e. The van der Waals surface area contributed by atoms with E-state index in [9.17, 15) is 4.79 Å². The second-order valence-electron chi connectivity index (χ2n) is 3.66. The van der Waals surface area contributed by atoms with E-state index in [1.807, 2.05) is 0 Å².